The first-order valence-electron chi connectivity index (χ1n) is 4.36. The predicted octanol–water partition coefficient (Wildman–Crippen LogP) is 0.674. The summed E-state index contributed by atoms with van der Waals surface area (Å²) in [5.74, 6) is 0.470. The molecule has 4 nitrogen and oxygen atoms in total. The third-order valence-electron chi connectivity index (χ3n) is 2.28. The van der Waals surface area contributed by atoms with E-state index in [0.29, 0.717) is 18.0 Å². The van der Waals surface area contributed by atoms with Gasteiger partial charge in [0.05, 0.1) is 5.69 Å². The lowest BCUT2D eigenvalue weighted by molar-refractivity contribution is 0.514. The van der Waals surface area contributed by atoms with E-state index >= 15 is 0 Å². The topological polar surface area (TPSA) is 56.7 Å². The lowest BCUT2D eigenvalue weighted by Gasteiger charge is -2.00. The van der Waals surface area contributed by atoms with Crippen LogP contribution in [0.4, 0.5) is 0 Å². The number of hydrogen-bond acceptors (Lipinski definition) is 3. The van der Waals surface area contributed by atoms with Crippen LogP contribution < -0.4 is 5.73 Å². The molecule has 1 aromatic rings. The summed E-state index contributed by atoms with van der Waals surface area (Å²) in [4.78, 5) is 0. The number of nitrogens with two attached hydrogens (primary N) is 1. The van der Waals surface area contributed by atoms with Gasteiger partial charge in [-0.1, -0.05) is 5.21 Å². The molecule has 1 aliphatic carbocycles. The molecule has 0 bridgehead atoms. The van der Waals surface area contributed by atoms with Crippen LogP contribution in [-0.4, -0.2) is 21.0 Å². The van der Waals surface area contributed by atoms with Gasteiger partial charge in [-0.05, 0) is 20.3 Å². The van der Waals surface area contributed by atoms with Gasteiger partial charge in [-0.15, -0.1) is 5.10 Å². The van der Waals surface area contributed by atoms with Crippen molar-refractivity contribution in [3.63, 3.8) is 0 Å². The van der Waals surface area contributed by atoms with E-state index in [1.165, 1.54) is 0 Å². The number of hydrogen-bond donors (Lipinski definition) is 1. The SMILES string of the molecule is CC(C)n1cc(C2CC2N)nn1. The second-order valence-corrected chi connectivity index (χ2v) is 3.72. The van der Waals surface area contributed by atoms with Gasteiger partial charge in [0.2, 0.25) is 0 Å². The molecule has 1 heterocycles. The number of aromatic nitrogens is 3. The van der Waals surface area contributed by atoms with Crippen molar-refractivity contribution < 1.29 is 0 Å². The summed E-state index contributed by atoms with van der Waals surface area (Å²) in [5, 5.41) is 8.11. The molecule has 1 aliphatic rings. The Morgan fingerprint density at radius 3 is 2.75 bits per heavy atom. The van der Waals surface area contributed by atoms with Gasteiger partial charge in [0.25, 0.3) is 0 Å². The van der Waals surface area contributed by atoms with E-state index in [-0.39, 0.29) is 0 Å². The van der Waals surface area contributed by atoms with Gasteiger partial charge in [-0.25, -0.2) is 4.68 Å². The summed E-state index contributed by atoms with van der Waals surface area (Å²) in [6.45, 7) is 4.18. The zero-order chi connectivity index (χ0) is 8.72. The highest BCUT2D eigenvalue weighted by Crippen LogP contribution is 2.37. The fourth-order valence-corrected chi connectivity index (χ4v) is 1.27. The highest BCUT2D eigenvalue weighted by atomic mass is 15.4. The molecule has 1 aromatic heterocycles. The molecule has 2 unspecified atom stereocenters. The summed E-state index contributed by atoms with van der Waals surface area (Å²) in [6, 6.07) is 0.712. The zero-order valence-electron chi connectivity index (χ0n) is 7.44. The molecule has 0 radical (unpaired) electrons. The molecule has 2 N–H and O–H groups in total. The quantitative estimate of drug-likeness (QED) is 0.702. The minimum atomic E-state index is 0.322. The molecule has 2 atom stereocenters. The first kappa shape index (κ1) is 7.73. The first-order chi connectivity index (χ1) is 5.68. The van der Waals surface area contributed by atoms with E-state index in [1.54, 1.807) is 0 Å². The van der Waals surface area contributed by atoms with Crippen LogP contribution in [0.5, 0.6) is 0 Å². The maximum atomic E-state index is 5.71. The van der Waals surface area contributed by atoms with E-state index in [0.717, 1.165) is 12.1 Å². The summed E-state index contributed by atoms with van der Waals surface area (Å²) >= 11 is 0. The molecule has 0 aliphatic heterocycles. The van der Waals surface area contributed by atoms with Crippen LogP contribution in [0.1, 0.15) is 37.9 Å². The third-order valence-corrected chi connectivity index (χ3v) is 2.28. The predicted molar refractivity (Wildman–Crippen MR) is 45.7 cm³/mol. The highest BCUT2D eigenvalue weighted by molar-refractivity contribution is 5.16. The van der Waals surface area contributed by atoms with Gasteiger partial charge in [0.1, 0.15) is 0 Å². The van der Waals surface area contributed by atoms with Crippen molar-refractivity contribution in [2.45, 2.75) is 38.3 Å². The molecule has 66 valence electrons. The molecular formula is C8H14N4. The van der Waals surface area contributed by atoms with Crippen molar-refractivity contribution in [1.29, 1.82) is 0 Å². The van der Waals surface area contributed by atoms with Gasteiger partial charge >= 0.3 is 0 Å². The van der Waals surface area contributed by atoms with Crippen molar-refractivity contribution in [1.82, 2.24) is 15.0 Å². The second kappa shape index (κ2) is 2.55. The Hall–Kier alpha value is -0.900. The van der Waals surface area contributed by atoms with Gasteiger partial charge in [0.15, 0.2) is 0 Å². The molecule has 1 saturated carbocycles. The van der Waals surface area contributed by atoms with E-state index in [4.69, 9.17) is 5.73 Å². The lowest BCUT2D eigenvalue weighted by atomic mass is 10.3. The average molecular weight is 166 g/mol. The normalized spacial score (nSPS) is 28.0. The molecule has 4 heteroatoms. The van der Waals surface area contributed by atoms with E-state index in [9.17, 15) is 0 Å². The summed E-state index contributed by atoms with van der Waals surface area (Å²) in [6.07, 6.45) is 3.07. The molecule has 0 saturated heterocycles. The van der Waals surface area contributed by atoms with Crippen LogP contribution in [0.15, 0.2) is 6.20 Å². The number of rotatable bonds is 2. The van der Waals surface area contributed by atoms with Crippen LogP contribution in [-0.2, 0) is 0 Å². The third kappa shape index (κ3) is 1.22. The Bertz CT molecular complexity index is 278. The summed E-state index contributed by atoms with van der Waals surface area (Å²) < 4.78 is 1.88. The van der Waals surface area contributed by atoms with Gasteiger partial charge in [-0.2, -0.15) is 0 Å². The highest BCUT2D eigenvalue weighted by Gasteiger charge is 2.37. The largest absolute Gasteiger partial charge is 0.327 e. The van der Waals surface area contributed by atoms with E-state index in [2.05, 4.69) is 24.2 Å². The van der Waals surface area contributed by atoms with Crippen molar-refractivity contribution in [2.24, 2.45) is 5.73 Å². The van der Waals surface area contributed by atoms with Crippen LogP contribution in [0.3, 0.4) is 0 Å². The van der Waals surface area contributed by atoms with E-state index < -0.39 is 0 Å². The fraction of sp³-hybridized carbons (Fsp3) is 0.750. The standard InChI is InChI=1S/C8H14N4/c1-5(2)12-4-8(10-11-12)6-3-7(6)9/h4-7H,3,9H2,1-2H3. The summed E-state index contributed by atoms with van der Waals surface area (Å²) in [5.41, 5.74) is 6.76. The second-order valence-electron chi connectivity index (χ2n) is 3.72. The van der Waals surface area contributed by atoms with Gasteiger partial charge in [0, 0.05) is 24.2 Å². The number of nitrogens with zero attached hydrogens (tertiary/aromatic N) is 3. The molecule has 0 amide bonds. The van der Waals surface area contributed by atoms with Crippen molar-refractivity contribution in [3.8, 4) is 0 Å². The maximum absolute atomic E-state index is 5.71. The zero-order valence-corrected chi connectivity index (χ0v) is 7.44. The monoisotopic (exact) mass is 166 g/mol. The molecular weight excluding hydrogens is 152 g/mol. The maximum Gasteiger partial charge on any atom is 0.0874 e. The van der Waals surface area contributed by atoms with Crippen LogP contribution in [0.2, 0.25) is 0 Å². The molecule has 1 fully saturated rings. The smallest absolute Gasteiger partial charge is 0.0874 e. The average Bonchev–Trinajstić information content (AvgIpc) is 2.59. The van der Waals surface area contributed by atoms with Crippen molar-refractivity contribution >= 4 is 0 Å². The Balaban J connectivity index is 2.14. The minimum absolute atomic E-state index is 0.322. The molecule has 2 rings (SSSR count). The van der Waals surface area contributed by atoms with Crippen molar-refractivity contribution in [2.75, 3.05) is 0 Å². The van der Waals surface area contributed by atoms with Crippen LogP contribution in [0, 0.1) is 0 Å². The minimum Gasteiger partial charge on any atom is -0.327 e. The molecule has 0 spiro atoms. The van der Waals surface area contributed by atoms with Crippen molar-refractivity contribution in [3.05, 3.63) is 11.9 Å². The van der Waals surface area contributed by atoms with E-state index in [1.807, 2.05) is 10.9 Å². The van der Waals surface area contributed by atoms with Gasteiger partial charge < -0.3 is 5.73 Å². The Labute approximate surface area is 71.8 Å². The lowest BCUT2D eigenvalue weighted by Crippen LogP contribution is -2.01. The van der Waals surface area contributed by atoms with Crippen LogP contribution in [0.25, 0.3) is 0 Å². The molecule has 12 heavy (non-hydrogen) atoms. The molecule has 0 aromatic carbocycles. The Morgan fingerprint density at radius 2 is 2.33 bits per heavy atom. The fourth-order valence-electron chi connectivity index (χ4n) is 1.27. The Morgan fingerprint density at radius 1 is 1.67 bits per heavy atom. The van der Waals surface area contributed by atoms with Crippen LogP contribution >= 0.6 is 0 Å². The summed E-state index contributed by atoms with van der Waals surface area (Å²) in [7, 11) is 0. The Kier molecular flexibility index (Phi) is 1.65. The first-order valence-corrected chi connectivity index (χ1v) is 4.36. The van der Waals surface area contributed by atoms with Gasteiger partial charge in [-0.3, -0.25) is 0 Å².